The molecule has 2 heterocycles. The van der Waals surface area contributed by atoms with Gasteiger partial charge in [0, 0.05) is 18.9 Å². The van der Waals surface area contributed by atoms with Gasteiger partial charge in [-0.2, -0.15) is 0 Å². The molecular weight excluding hydrogens is 252 g/mol. The van der Waals surface area contributed by atoms with Crippen LogP contribution in [0, 0.1) is 0 Å². The van der Waals surface area contributed by atoms with Crippen LogP contribution in [0.2, 0.25) is 5.02 Å². The van der Waals surface area contributed by atoms with Gasteiger partial charge >= 0.3 is 0 Å². The fourth-order valence-corrected chi connectivity index (χ4v) is 2.65. The minimum atomic E-state index is -0.897. The van der Waals surface area contributed by atoms with Crippen LogP contribution in [0.1, 0.15) is 37.0 Å². The van der Waals surface area contributed by atoms with E-state index in [1.54, 1.807) is 31.0 Å². The van der Waals surface area contributed by atoms with Crippen molar-refractivity contribution in [1.29, 1.82) is 0 Å². The standard InChI is InChI=1S/C13H17ClN2O2/c1-13(2,18)11-4-3-7-16(11)12(17)9-5-6-15-8-10(9)14/h5-6,8,11,18H,3-4,7H2,1-2H3/t11-/m0/s1. The molecule has 0 spiro atoms. The number of halogens is 1. The smallest absolute Gasteiger partial charge is 0.255 e. The lowest BCUT2D eigenvalue weighted by Gasteiger charge is -2.34. The van der Waals surface area contributed by atoms with E-state index in [0.29, 0.717) is 17.1 Å². The minimum Gasteiger partial charge on any atom is -0.388 e. The molecular formula is C13H17ClN2O2. The van der Waals surface area contributed by atoms with Crippen molar-refractivity contribution >= 4 is 17.5 Å². The van der Waals surface area contributed by atoms with E-state index >= 15 is 0 Å². The van der Waals surface area contributed by atoms with E-state index in [0.717, 1.165) is 12.8 Å². The topological polar surface area (TPSA) is 53.4 Å². The molecule has 1 aromatic heterocycles. The summed E-state index contributed by atoms with van der Waals surface area (Å²) in [7, 11) is 0. The van der Waals surface area contributed by atoms with Gasteiger partial charge in [0.15, 0.2) is 0 Å². The monoisotopic (exact) mass is 268 g/mol. The average molecular weight is 269 g/mol. The fourth-order valence-electron chi connectivity index (χ4n) is 2.45. The van der Waals surface area contributed by atoms with E-state index in [1.165, 1.54) is 6.20 Å². The first kappa shape index (κ1) is 13.3. The van der Waals surface area contributed by atoms with Crippen LogP contribution in [0.15, 0.2) is 18.5 Å². The number of pyridine rings is 1. The number of hydrogen-bond donors (Lipinski definition) is 1. The quantitative estimate of drug-likeness (QED) is 0.894. The fraction of sp³-hybridized carbons (Fsp3) is 0.538. The summed E-state index contributed by atoms with van der Waals surface area (Å²) in [6.07, 6.45) is 4.74. The van der Waals surface area contributed by atoms with E-state index in [-0.39, 0.29) is 11.9 Å². The molecule has 1 N–H and O–H groups in total. The molecule has 18 heavy (non-hydrogen) atoms. The number of amides is 1. The molecule has 5 heteroatoms. The summed E-state index contributed by atoms with van der Waals surface area (Å²) in [5.74, 6) is -0.132. The van der Waals surface area contributed by atoms with Gasteiger partial charge in [-0.25, -0.2) is 0 Å². The molecule has 0 unspecified atom stereocenters. The first-order valence-corrected chi connectivity index (χ1v) is 6.42. The second-order valence-corrected chi connectivity index (χ2v) is 5.57. The Balaban J connectivity index is 2.27. The van der Waals surface area contributed by atoms with E-state index in [2.05, 4.69) is 4.98 Å². The maximum absolute atomic E-state index is 12.4. The van der Waals surface area contributed by atoms with Crippen LogP contribution in [0.4, 0.5) is 0 Å². The first-order chi connectivity index (χ1) is 8.41. The summed E-state index contributed by atoms with van der Waals surface area (Å²) in [6.45, 7) is 4.13. The van der Waals surface area contributed by atoms with Crippen LogP contribution in [0.3, 0.4) is 0 Å². The Kier molecular flexibility index (Phi) is 3.59. The summed E-state index contributed by atoms with van der Waals surface area (Å²) in [5, 5.41) is 10.5. The highest BCUT2D eigenvalue weighted by Crippen LogP contribution is 2.29. The van der Waals surface area contributed by atoms with Gasteiger partial charge in [0.05, 0.1) is 22.2 Å². The van der Waals surface area contributed by atoms with Crippen LogP contribution >= 0.6 is 11.6 Å². The van der Waals surface area contributed by atoms with E-state index < -0.39 is 5.60 Å². The van der Waals surface area contributed by atoms with Crippen molar-refractivity contribution in [3.8, 4) is 0 Å². The summed E-state index contributed by atoms with van der Waals surface area (Å²) in [5.41, 5.74) is -0.450. The largest absolute Gasteiger partial charge is 0.388 e. The van der Waals surface area contributed by atoms with Gasteiger partial charge in [-0.1, -0.05) is 11.6 Å². The van der Waals surface area contributed by atoms with Gasteiger partial charge in [0.25, 0.3) is 5.91 Å². The molecule has 98 valence electrons. The molecule has 1 atom stereocenters. The summed E-state index contributed by atoms with van der Waals surface area (Å²) in [6, 6.07) is 1.46. The van der Waals surface area contributed by atoms with Crippen LogP contribution < -0.4 is 0 Å². The average Bonchev–Trinajstić information content (AvgIpc) is 2.77. The third-order valence-electron chi connectivity index (χ3n) is 3.33. The molecule has 1 amide bonds. The van der Waals surface area contributed by atoms with Gasteiger partial charge in [-0.15, -0.1) is 0 Å². The summed E-state index contributed by atoms with van der Waals surface area (Å²) >= 11 is 5.99. The lowest BCUT2D eigenvalue weighted by atomic mass is 9.96. The Morgan fingerprint density at radius 3 is 2.94 bits per heavy atom. The third-order valence-corrected chi connectivity index (χ3v) is 3.63. The summed E-state index contributed by atoms with van der Waals surface area (Å²) < 4.78 is 0. The molecule has 4 nitrogen and oxygen atoms in total. The Morgan fingerprint density at radius 2 is 2.33 bits per heavy atom. The third kappa shape index (κ3) is 2.49. The van der Waals surface area contributed by atoms with E-state index in [9.17, 15) is 9.90 Å². The van der Waals surface area contributed by atoms with Crippen molar-refractivity contribution in [2.24, 2.45) is 0 Å². The Hall–Kier alpha value is -1.13. The molecule has 1 saturated heterocycles. The molecule has 0 aliphatic carbocycles. The summed E-state index contributed by atoms with van der Waals surface area (Å²) in [4.78, 5) is 18.0. The minimum absolute atomic E-state index is 0.132. The second-order valence-electron chi connectivity index (χ2n) is 5.17. The zero-order valence-electron chi connectivity index (χ0n) is 10.6. The highest BCUT2D eigenvalue weighted by Gasteiger charge is 2.39. The molecule has 0 radical (unpaired) electrons. The predicted molar refractivity (Wildman–Crippen MR) is 69.6 cm³/mol. The molecule has 1 aliphatic rings. The predicted octanol–water partition coefficient (Wildman–Crippen LogP) is 2.11. The number of aliphatic hydroxyl groups is 1. The number of carbonyl (C=O) groups excluding carboxylic acids is 1. The van der Waals surface area contributed by atoms with Gasteiger partial charge in [0.1, 0.15) is 0 Å². The van der Waals surface area contributed by atoms with Crippen molar-refractivity contribution in [1.82, 2.24) is 9.88 Å². The first-order valence-electron chi connectivity index (χ1n) is 6.04. The van der Waals surface area contributed by atoms with E-state index in [1.807, 2.05) is 0 Å². The molecule has 1 aliphatic heterocycles. The second kappa shape index (κ2) is 4.86. The molecule has 1 aromatic rings. The van der Waals surface area contributed by atoms with Crippen LogP contribution in [0.5, 0.6) is 0 Å². The molecule has 2 rings (SSSR count). The Labute approximate surface area is 112 Å². The zero-order valence-corrected chi connectivity index (χ0v) is 11.3. The van der Waals surface area contributed by atoms with Gasteiger partial charge < -0.3 is 10.0 Å². The van der Waals surface area contributed by atoms with Crippen LogP contribution in [-0.4, -0.2) is 39.1 Å². The van der Waals surface area contributed by atoms with Crippen LogP contribution in [-0.2, 0) is 0 Å². The van der Waals surface area contributed by atoms with Gasteiger partial charge in [-0.05, 0) is 32.8 Å². The van der Waals surface area contributed by atoms with Crippen molar-refractivity contribution in [2.75, 3.05) is 6.54 Å². The highest BCUT2D eigenvalue weighted by atomic mass is 35.5. The number of likely N-dealkylation sites (tertiary alicyclic amines) is 1. The lowest BCUT2D eigenvalue weighted by Crippen LogP contribution is -2.48. The number of aromatic nitrogens is 1. The molecule has 0 saturated carbocycles. The molecule has 1 fully saturated rings. The Morgan fingerprint density at radius 1 is 1.61 bits per heavy atom. The number of carbonyl (C=O) groups is 1. The maximum atomic E-state index is 12.4. The SMILES string of the molecule is CC(C)(O)[C@@H]1CCCN1C(=O)c1ccncc1Cl. The van der Waals surface area contributed by atoms with E-state index in [4.69, 9.17) is 11.6 Å². The van der Waals surface area contributed by atoms with Gasteiger partial charge in [0.2, 0.25) is 0 Å². The Bertz CT molecular complexity index is 457. The molecule has 0 bridgehead atoms. The highest BCUT2D eigenvalue weighted by molar-refractivity contribution is 6.33. The number of rotatable bonds is 2. The van der Waals surface area contributed by atoms with Crippen molar-refractivity contribution in [2.45, 2.75) is 38.3 Å². The zero-order chi connectivity index (χ0) is 13.3. The maximum Gasteiger partial charge on any atom is 0.255 e. The molecule has 0 aromatic carbocycles. The lowest BCUT2D eigenvalue weighted by molar-refractivity contribution is 0.000337. The van der Waals surface area contributed by atoms with Crippen LogP contribution in [0.25, 0.3) is 0 Å². The normalized spacial score (nSPS) is 20.2. The van der Waals surface area contributed by atoms with Crippen molar-refractivity contribution < 1.29 is 9.90 Å². The number of nitrogens with zero attached hydrogens (tertiary/aromatic N) is 2. The number of hydrogen-bond acceptors (Lipinski definition) is 3. The van der Waals surface area contributed by atoms with Crippen molar-refractivity contribution in [3.05, 3.63) is 29.0 Å². The van der Waals surface area contributed by atoms with Gasteiger partial charge in [-0.3, -0.25) is 9.78 Å². The van der Waals surface area contributed by atoms with Crippen molar-refractivity contribution in [3.63, 3.8) is 0 Å².